The van der Waals surface area contributed by atoms with Crippen molar-refractivity contribution in [1.82, 2.24) is 4.90 Å². The number of nitrogens with zero attached hydrogens (tertiary/aromatic N) is 1. The molecule has 5 nitrogen and oxygen atoms in total. The van der Waals surface area contributed by atoms with Gasteiger partial charge in [-0.2, -0.15) is 0 Å². The third kappa shape index (κ3) is 3.10. The molecule has 0 unspecified atom stereocenters. The van der Waals surface area contributed by atoms with Crippen molar-refractivity contribution in [1.29, 1.82) is 0 Å². The number of primary amides is 1. The molecule has 0 aliphatic carbocycles. The summed E-state index contributed by atoms with van der Waals surface area (Å²) in [4.78, 5) is 25.5. The van der Waals surface area contributed by atoms with Crippen LogP contribution in [-0.4, -0.2) is 36.3 Å². The van der Waals surface area contributed by atoms with Gasteiger partial charge in [0.05, 0.1) is 5.56 Å². The van der Waals surface area contributed by atoms with Crippen LogP contribution in [0.15, 0.2) is 24.3 Å². The van der Waals surface area contributed by atoms with Crippen LogP contribution in [0.5, 0.6) is 0 Å². The number of carbonyl (C=O) groups is 2. The van der Waals surface area contributed by atoms with Crippen molar-refractivity contribution in [3.8, 4) is 0 Å². The molecule has 2 rings (SSSR count). The van der Waals surface area contributed by atoms with Crippen LogP contribution < -0.4 is 11.1 Å². The maximum Gasteiger partial charge on any atom is 0.255 e. The first-order chi connectivity index (χ1) is 9.63. The molecule has 3 N–H and O–H groups in total. The molecule has 0 atom stereocenters. The summed E-state index contributed by atoms with van der Waals surface area (Å²) in [7, 11) is 0. The largest absolute Gasteiger partial charge is 0.385 e. The number of rotatable bonds is 4. The SMILES string of the molecule is CCNc1ccccc1C(=O)N1CCC(C(N)=O)CC1. The Hall–Kier alpha value is -2.04. The molecule has 5 heteroatoms. The van der Waals surface area contributed by atoms with Gasteiger partial charge >= 0.3 is 0 Å². The number of benzene rings is 1. The number of carbonyl (C=O) groups excluding carboxylic acids is 2. The van der Waals surface area contributed by atoms with E-state index in [1.54, 1.807) is 4.90 Å². The molecule has 1 saturated heterocycles. The Morgan fingerprint density at radius 2 is 1.95 bits per heavy atom. The fourth-order valence-corrected chi connectivity index (χ4v) is 2.55. The van der Waals surface area contributed by atoms with E-state index in [2.05, 4.69) is 5.32 Å². The molecule has 0 aromatic heterocycles. The van der Waals surface area contributed by atoms with E-state index in [1.807, 2.05) is 31.2 Å². The molecule has 20 heavy (non-hydrogen) atoms. The number of hydrogen-bond donors (Lipinski definition) is 2. The summed E-state index contributed by atoms with van der Waals surface area (Å²) >= 11 is 0. The van der Waals surface area contributed by atoms with Crippen LogP contribution >= 0.6 is 0 Å². The maximum absolute atomic E-state index is 12.5. The van der Waals surface area contributed by atoms with E-state index < -0.39 is 0 Å². The highest BCUT2D eigenvalue weighted by atomic mass is 16.2. The first kappa shape index (κ1) is 14.4. The highest BCUT2D eigenvalue weighted by Gasteiger charge is 2.27. The summed E-state index contributed by atoms with van der Waals surface area (Å²) in [6, 6.07) is 7.52. The predicted molar refractivity (Wildman–Crippen MR) is 78.4 cm³/mol. The molecular formula is C15H21N3O2. The number of likely N-dealkylation sites (tertiary alicyclic amines) is 1. The summed E-state index contributed by atoms with van der Waals surface area (Å²) in [6.45, 7) is 3.95. The zero-order chi connectivity index (χ0) is 14.5. The molecular weight excluding hydrogens is 254 g/mol. The maximum atomic E-state index is 12.5. The standard InChI is InChI=1S/C15H21N3O2/c1-2-17-13-6-4-3-5-12(13)15(20)18-9-7-11(8-10-18)14(16)19/h3-6,11,17H,2,7-10H2,1H3,(H2,16,19). The number of hydrogen-bond acceptors (Lipinski definition) is 3. The lowest BCUT2D eigenvalue weighted by atomic mass is 9.95. The highest BCUT2D eigenvalue weighted by molar-refractivity contribution is 5.99. The van der Waals surface area contributed by atoms with Crippen molar-refractivity contribution < 1.29 is 9.59 Å². The van der Waals surface area contributed by atoms with Crippen LogP contribution in [-0.2, 0) is 4.79 Å². The summed E-state index contributed by atoms with van der Waals surface area (Å²) in [5.74, 6) is -0.335. The quantitative estimate of drug-likeness (QED) is 0.873. The topological polar surface area (TPSA) is 75.4 Å². The van der Waals surface area contributed by atoms with E-state index >= 15 is 0 Å². The minimum atomic E-state index is -0.259. The third-order valence-corrected chi connectivity index (χ3v) is 3.71. The minimum absolute atomic E-state index is 0.0180. The van der Waals surface area contributed by atoms with Gasteiger partial charge in [-0.1, -0.05) is 12.1 Å². The van der Waals surface area contributed by atoms with Gasteiger partial charge in [0.1, 0.15) is 0 Å². The lowest BCUT2D eigenvalue weighted by Crippen LogP contribution is -2.41. The average molecular weight is 275 g/mol. The Balaban J connectivity index is 2.07. The Labute approximate surface area is 119 Å². The first-order valence-electron chi connectivity index (χ1n) is 7.05. The zero-order valence-corrected chi connectivity index (χ0v) is 11.8. The van der Waals surface area contributed by atoms with Crippen LogP contribution in [0.1, 0.15) is 30.1 Å². The summed E-state index contributed by atoms with van der Waals surface area (Å²) in [5, 5.41) is 3.20. The van der Waals surface area contributed by atoms with Gasteiger partial charge < -0.3 is 16.0 Å². The van der Waals surface area contributed by atoms with Gasteiger partial charge in [0, 0.05) is 31.2 Å². The highest BCUT2D eigenvalue weighted by Crippen LogP contribution is 2.22. The van der Waals surface area contributed by atoms with Gasteiger partial charge in [-0.05, 0) is 31.9 Å². The van der Waals surface area contributed by atoms with Crippen molar-refractivity contribution in [2.45, 2.75) is 19.8 Å². The van der Waals surface area contributed by atoms with Crippen LogP contribution in [0.2, 0.25) is 0 Å². The molecule has 2 amide bonds. The molecule has 1 aliphatic heterocycles. The molecule has 0 bridgehead atoms. The molecule has 1 aromatic rings. The third-order valence-electron chi connectivity index (χ3n) is 3.71. The van der Waals surface area contributed by atoms with E-state index in [-0.39, 0.29) is 17.7 Å². The van der Waals surface area contributed by atoms with Gasteiger partial charge in [-0.25, -0.2) is 0 Å². The summed E-state index contributed by atoms with van der Waals surface area (Å²) in [6.07, 6.45) is 1.31. The number of nitrogens with two attached hydrogens (primary N) is 1. The molecule has 1 fully saturated rings. The Morgan fingerprint density at radius 3 is 2.55 bits per heavy atom. The molecule has 0 spiro atoms. The van der Waals surface area contributed by atoms with E-state index in [4.69, 9.17) is 5.73 Å². The van der Waals surface area contributed by atoms with E-state index in [9.17, 15) is 9.59 Å². The second-order valence-corrected chi connectivity index (χ2v) is 5.04. The van der Waals surface area contributed by atoms with Crippen LogP contribution in [0, 0.1) is 5.92 Å². The second kappa shape index (κ2) is 6.41. The van der Waals surface area contributed by atoms with Gasteiger partial charge in [-0.15, -0.1) is 0 Å². The van der Waals surface area contributed by atoms with Crippen molar-refractivity contribution in [3.05, 3.63) is 29.8 Å². The van der Waals surface area contributed by atoms with Gasteiger partial charge in [-0.3, -0.25) is 9.59 Å². The number of piperidine rings is 1. The molecule has 1 aliphatic rings. The number of amides is 2. The van der Waals surface area contributed by atoms with Crippen LogP contribution in [0.4, 0.5) is 5.69 Å². The smallest absolute Gasteiger partial charge is 0.255 e. The van der Waals surface area contributed by atoms with E-state index in [0.29, 0.717) is 31.5 Å². The van der Waals surface area contributed by atoms with E-state index in [1.165, 1.54) is 0 Å². The van der Waals surface area contributed by atoms with Crippen molar-refractivity contribution in [2.75, 3.05) is 25.0 Å². The number of para-hydroxylation sites is 1. The number of anilines is 1. The molecule has 1 aromatic carbocycles. The lowest BCUT2D eigenvalue weighted by molar-refractivity contribution is -0.123. The normalized spacial score (nSPS) is 15.9. The first-order valence-corrected chi connectivity index (χ1v) is 7.05. The Morgan fingerprint density at radius 1 is 1.30 bits per heavy atom. The summed E-state index contributed by atoms with van der Waals surface area (Å²) < 4.78 is 0. The molecule has 0 saturated carbocycles. The van der Waals surface area contributed by atoms with E-state index in [0.717, 1.165) is 12.2 Å². The Kier molecular flexibility index (Phi) is 4.61. The van der Waals surface area contributed by atoms with Crippen LogP contribution in [0.3, 0.4) is 0 Å². The predicted octanol–water partition coefficient (Wildman–Crippen LogP) is 1.46. The lowest BCUT2D eigenvalue weighted by Gasteiger charge is -2.31. The van der Waals surface area contributed by atoms with Crippen molar-refractivity contribution in [3.63, 3.8) is 0 Å². The number of nitrogens with one attached hydrogen (secondary N) is 1. The fourth-order valence-electron chi connectivity index (χ4n) is 2.55. The van der Waals surface area contributed by atoms with Crippen molar-refractivity contribution >= 4 is 17.5 Å². The van der Waals surface area contributed by atoms with Gasteiger partial charge in [0.25, 0.3) is 5.91 Å². The average Bonchev–Trinajstić information content (AvgIpc) is 2.47. The summed E-state index contributed by atoms with van der Waals surface area (Å²) in [5.41, 5.74) is 6.86. The second-order valence-electron chi connectivity index (χ2n) is 5.04. The monoisotopic (exact) mass is 275 g/mol. The molecule has 1 heterocycles. The minimum Gasteiger partial charge on any atom is -0.385 e. The molecule has 0 radical (unpaired) electrons. The Bertz CT molecular complexity index is 494. The van der Waals surface area contributed by atoms with Gasteiger partial charge in [0.2, 0.25) is 5.91 Å². The zero-order valence-electron chi connectivity index (χ0n) is 11.8. The van der Waals surface area contributed by atoms with Gasteiger partial charge in [0.15, 0.2) is 0 Å². The molecule has 108 valence electrons. The fraction of sp³-hybridized carbons (Fsp3) is 0.467. The van der Waals surface area contributed by atoms with Crippen LogP contribution in [0.25, 0.3) is 0 Å². The van der Waals surface area contributed by atoms with Crippen molar-refractivity contribution in [2.24, 2.45) is 11.7 Å².